The van der Waals surface area contributed by atoms with E-state index in [-0.39, 0.29) is 22.4 Å². The highest BCUT2D eigenvalue weighted by atomic mass is 19.4. The number of aromatic amines is 1. The zero-order valence-electron chi connectivity index (χ0n) is 20.5. The third kappa shape index (κ3) is 3.98. The van der Waals surface area contributed by atoms with Crippen LogP contribution in [0, 0.1) is 28.1 Å². The van der Waals surface area contributed by atoms with Gasteiger partial charge in [-0.2, -0.15) is 23.5 Å². The van der Waals surface area contributed by atoms with Gasteiger partial charge < -0.3 is 9.80 Å². The monoisotopic (exact) mass is 510 g/mol. The summed E-state index contributed by atoms with van der Waals surface area (Å²) in [6.07, 6.45) is 2.43. The van der Waals surface area contributed by atoms with E-state index in [0.717, 1.165) is 69.6 Å². The van der Waals surface area contributed by atoms with Gasteiger partial charge in [0.1, 0.15) is 5.82 Å². The van der Waals surface area contributed by atoms with E-state index in [2.05, 4.69) is 10.2 Å². The Hall–Kier alpha value is -3.09. The van der Waals surface area contributed by atoms with Crippen molar-refractivity contribution in [2.75, 3.05) is 26.2 Å². The minimum atomic E-state index is -4.46. The zero-order valence-corrected chi connectivity index (χ0v) is 20.5. The fourth-order valence-electron chi connectivity index (χ4n) is 7.37. The Kier molecular flexibility index (Phi) is 4.81. The average molecular weight is 511 g/mol. The van der Waals surface area contributed by atoms with Crippen LogP contribution in [-0.4, -0.2) is 57.2 Å². The molecule has 3 aliphatic carbocycles. The smallest absolute Gasteiger partial charge is 0.323 e. The van der Waals surface area contributed by atoms with Crippen LogP contribution in [0.5, 0.6) is 0 Å². The molecule has 0 radical (unpaired) electrons. The number of aromatic nitrogens is 3. The van der Waals surface area contributed by atoms with Crippen LogP contribution in [0.1, 0.15) is 78.7 Å². The maximum Gasteiger partial charge on any atom is 0.416 e. The largest absolute Gasteiger partial charge is 0.416 e. The third-order valence-electron chi connectivity index (χ3n) is 9.27. The van der Waals surface area contributed by atoms with E-state index in [0.29, 0.717) is 29.7 Å². The van der Waals surface area contributed by atoms with Crippen molar-refractivity contribution in [3.8, 4) is 6.07 Å². The molecule has 3 saturated carbocycles. The third-order valence-corrected chi connectivity index (χ3v) is 9.27. The normalized spacial score (nSPS) is 24.3. The summed E-state index contributed by atoms with van der Waals surface area (Å²) in [6.45, 7) is 3.11. The van der Waals surface area contributed by atoms with Gasteiger partial charge in [0.15, 0.2) is 5.82 Å². The van der Waals surface area contributed by atoms with Crippen LogP contribution in [0.3, 0.4) is 0 Å². The number of halogens is 3. The molecule has 2 aliphatic heterocycles. The Morgan fingerprint density at radius 1 is 1.03 bits per heavy atom. The van der Waals surface area contributed by atoms with Crippen LogP contribution >= 0.6 is 0 Å². The number of hydrogen-bond acceptors (Lipinski definition) is 4. The van der Waals surface area contributed by atoms with Crippen LogP contribution in [0.2, 0.25) is 0 Å². The number of carbonyl (C=O) groups excluding carboxylic acids is 1. The van der Waals surface area contributed by atoms with Gasteiger partial charge in [0.05, 0.1) is 17.2 Å². The molecule has 5 aliphatic rings. The van der Waals surface area contributed by atoms with Crippen molar-refractivity contribution in [1.29, 1.82) is 5.26 Å². The van der Waals surface area contributed by atoms with E-state index < -0.39 is 11.7 Å². The SMILES string of the molecule is N#Cc1cc(CC2CC3(C2)CN(C(=O)N2CC4(CC(c5nc(C6CC6)n[nH]5)C4)C2)C3)cc(C(F)(F)F)c1. The molecule has 7 rings (SSSR count). The molecule has 1 aromatic carbocycles. The Morgan fingerprint density at radius 2 is 1.68 bits per heavy atom. The number of nitriles is 1. The molecule has 0 atom stereocenters. The average Bonchev–Trinajstić information content (AvgIpc) is 3.49. The summed E-state index contributed by atoms with van der Waals surface area (Å²) in [5.41, 5.74) is 0.218. The number of urea groups is 1. The molecule has 7 nitrogen and oxygen atoms in total. The first-order chi connectivity index (χ1) is 17.6. The fraction of sp³-hybridized carbons (Fsp3) is 0.630. The molecule has 2 aromatic rings. The molecule has 0 unspecified atom stereocenters. The van der Waals surface area contributed by atoms with Gasteiger partial charge in [0.25, 0.3) is 0 Å². The quantitative estimate of drug-likeness (QED) is 0.638. The van der Waals surface area contributed by atoms with Crippen molar-refractivity contribution < 1.29 is 18.0 Å². The second-order valence-corrected chi connectivity index (χ2v) is 12.5. The van der Waals surface area contributed by atoms with E-state index in [4.69, 9.17) is 10.2 Å². The number of H-pyrrole nitrogens is 1. The van der Waals surface area contributed by atoms with Gasteiger partial charge in [-0.1, -0.05) is 0 Å². The number of amides is 2. The number of hydrogen-bond donors (Lipinski definition) is 1. The first kappa shape index (κ1) is 23.1. The summed E-state index contributed by atoms with van der Waals surface area (Å²) < 4.78 is 39.5. The number of likely N-dealkylation sites (tertiary alicyclic amines) is 2. The lowest BCUT2D eigenvalue weighted by atomic mass is 9.56. The van der Waals surface area contributed by atoms with E-state index in [9.17, 15) is 18.0 Å². The lowest BCUT2D eigenvalue weighted by molar-refractivity contribution is -0.137. The van der Waals surface area contributed by atoms with Gasteiger partial charge >= 0.3 is 12.2 Å². The van der Waals surface area contributed by atoms with Crippen LogP contribution in [0.4, 0.5) is 18.0 Å². The molecule has 1 N–H and O–H groups in total. The standard InChI is InChI=1S/C27H29F3N6O/c28-27(29,30)21-5-16(3-17(6-21)11-31)4-18-7-25(8-18)12-35(13-25)24(37)36-14-26(15-36)9-20(10-26)23-32-22(33-34-23)19-1-2-19/h3,5-6,18-20H,1-2,4,7-10,12-15H2,(H,32,33,34). The van der Waals surface area contributed by atoms with Crippen molar-refractivity contribution in [3.63, 3.8) is 0 Å². The molecule has 3 heterocycles. The molecule has 1 aromatic heterocycles. The predicted molar refractivity (Wildman–Crippen MR) is 126 cm³/mol. The molecule has 194 valence electrons. The summed E-state index contributed by atoms with van der Waals surface area (Å²) >= 11 is 0. The molecule has 2 amide bonds. The van der Waals surface area contributed by atoms with Gasteiger partial charge in [-0.05, 0) is 74.6 Å². The van der Waals surface area contributed by atoms with Crippen LogP contribution in [-0.2, 0) is 12.6 Å². The molecular formula is C27H29F3N6O. The maximum atomic E-state index is 13.2. The van der Waals surface area contributed by atoms with Crippen LogP contribution in [0.15, 0.2) is 18.2 Å². The summed E-state index contributed by atoms with van der Waals surface area (Å²) in [6, 6.07) is 5.60. The molecule has 2 spiro atoms. The Morgan fingerprint density at radius 3 is 2.27 bits per heavy atom. The van der Waals surface area contributed by atoms with E-state index >= 15 is 0 Å². The van der Waals surface area contributed by atoms with Gasteiger partial charge in [0.2, 0.25) is 0 Å². The highest BCUT2D eigenvalue weighted by molar-refractivity contribution is 5.77. The predicted octanol–water partition coefficient (Wildman–Crippen LogP) is 4.83. The first-order valence-electron chi connectivity index (χ1n) is 13.2. The number of rotatable bonds is 4. The second kappa shape index (κ2) is 7.71. The maximum absolute atomic E-state index is 13.2. The number of benzene rings is 1. The Labute approximate surface area is 213 Å². The van der Waals surface area contributed by atoms with Gasteiger partial charge in [-0.15, -0.1) is 0 Å². The van der Waals surface area contributed by atoms with Crippen molar-refractivity contribution in [3.05, 3.63) is 46.5 Å². The summed E-state index contributed by atoms with van der Waals surface area (Å²) in [5.74, 6) is 3.25. The molecular weight excluding hydrogens is 481 g/mol. The van der Waals surface area contributed by atoms with Crippen LogP contribution in [0.25, 0.3) is 0 Å². The van der Waals surface area contributed by atoms with E-state index in [1.807, 2.05) is 15.9 Å². The Balaban J connectivity index is 0.865. The molecule has 0 bridgehead atoms. The summed E-state index contributed by atoms with van der Waals surface area (Å²) in [5, 5.41) is 16.6. The number of nitrogens with one attached hydrogen (secondary N) is 1. The number of alkyl halides is 3. The lowest BCUT2D eigenvalue weighted by Gasteiger charge is -2.63. The fourth-order valence-corrected chi connectivity index (χ4v) is 7.37. The highest BCUT2D eigenvalue weighted by Crippen LogP contribution is 2.57. The minimum Gasteiger partial charge on any atom is -0.323 e. The first-order valence-corrected chi connectivity index (χ1v) is 13.2. The van der Waals surface area contributed by atoms with E-state index in [1.54, 1.807) is 6.07 Å². The second-order valence-electron chi connectivity index (χ2n) is 12.5. The van der Waals surface area contributed by atoms with Gasteiger partial charge in [-0.25, -0.2) is 9.78 Å². The van der Waals surface area contributed by atoms with Crippen molar-refractivity contribution in [1.82, 2.24) is 25.0 Å². The van der Waals surface area contributed by atoms with Crippen molar-refractivity contribution in [2.45, 2.75) is 63.0 Å². The van der Waals surface area contributed by atoms with Crippen molar-refractivity contribution in [2.24, 2.45) is 16.7 Å². The summed E-state index contributed by atoms with van der Waals surface area (Å²) in [4.78, 5) is 21.5. The van der Waals surface area contributed by atoms with Crippen LogP contribution < -0.4 is 0 Å². The van der Waals surface area contributed by atoms with Crippen molar-refractivity contribution >= 4 is 6.03 Å². The van der Waals surface area contributed by atoms with E-state index in [1.165, 1.54) is 18.9 Å². The molecule has 37 heavy (non-hydrogen) atoms. The molecule has 2 saturated heterocycles. The minimum absolute atomic E-state index is 0.0493. The molecule has 5 fully saturated rings. The topological polar surface area (TPSA) is 88.9 Å². The van der Waals surface area contributed by atoms with Gasteiger partial charge in [0, 0.05) is 48.8 Å². The number of nitrogens with zero attached hydrogens (tertiary/aromatic N) is 5. The summed E-state index contributed by atoms with van der Waals surface area (Å²) in [7, 11) is 0. The zero-order chi connectivity index (χ0) is 25.6. The highest BCUT2D eigenvalue weighted by Gasteiger charge is 2.58. The Bertz CT molecular complexity index is 1280. The molecule has 10 heteroatoms. The van der Waals surface area contributed by atoms with Gasteiger partial charge in [-0.3, -0.25) is 5.10 Å². The lowest BCUT2D eigenvalue weighted by Crippen LogP contribution is -2.70. The number of carbonyl (C=O) groups is 1.